The predicted octanol–water partition coefficient (Wildman–Crippen LogP) is 0.817. The largest absolute Gasteiger partial charge is 0.508 e. The smallest absolute Gasteiger partial charge is 0.334 e. The number of carbonyl (C=O) groups is 2. The van der Waals surface area contributed by atoms with Crippen molar-refractivity contribution in [2.45, 2.75) is 75.5 Å². The standard InChI is InChI=1S/C29H36O11/c1-15-11-22-20(16(2)28(36)38-22)9-5-18(14-37-24(32)12-17-3-7-19(31)8-4-17)6-10-21(15)39-29-27(35)26(34)25(33)23(13-30)40-29/h3-4,6-8,11,20-23,25-27,29-31,33-35H,2,5,9-10,12-14H2,1H3. The number of aliphatic hydroxyl groups is 4. The van der Waals surface area contributed by atoms with E-state index in [0.717, 1.165) is 5.57 Å². The first-order valence-corrected chi connectivity index (χ1v) is 13.2. The second kappa shape index (κ2) is 13.1. The van der Waals surface area contributed by atoms with Crippen LogP contribution >= 0.6 is 0 Å². The summed E-state index contributed by atoms with van der Waals surface area (Å²) in [6, 6.07) is 6.26. The van der Waals surface area contributed by atoms with Gasteiger partial charge in [0.15, 0.2) is 6.29 Å². The van der Waals surface area contributed by atoms with Gasteiger partial charge in [-0.05, 0) is 61.1 Å². The summed E-state index contributed by atoms with van der Waals surface area (Å²) >= 11 is 0. The second-order valence-electron chi connectivity index (χ2n) is 10.4. The van der Waals surface area contributed by atoms with Gasteiger partial charge >= 0.3 is 11.9 Å². The first-order chi connectivity index (χ1) is 19.1. The van der Waals surface area contributed by atoms with Crippen molar-refractivity contribution in [2.75, 3.05) is 13.2 Å². The lowest BCUT2D eigenvalue weighted by atomic mass is 9.87. The van der Waals surface area contributed by atoms with Crippen LogP contribution in [0.2, 0.25) is 0 Å². The molecule has 3 aliphatic rings. The van der Waals surface area contributed by atoms with E-state index in [9.17, 15) is 35.1 Å². The quantitative estimate of drug-likeness (QED) is 0.182. The minimum Gasteiger partial charge on any atom is -0.508 e. The molecule has 40 heavy (non-hydrogen) atoms. The van der Waals surface area contributed by atoms with Crippen molar-refractivity contribution in [3.8, 4) is 5.75 Å². The maximum atomic E-state index is 12.5. The molecule has 5 N–H and O–H groups in total. The summed E-state index contributed by atoms with van der Waals surface area (Å²) < 4.78 is 22.6. The van der Waals surface area contributed by atoms with Crippen LogP contribution in [0.4, 0.5) is 0 Å². The molecular weight excluding hydrogens is 524 g/mol. The number of fused-ring (bicyclic) bond motifs is 1. The van der Waals surface area contributed by atoms with Crippen LogP contribution in [0.3, 0.4) is 0 Å². The minimum absolute atomic E-state index is 0.00507. The Hall–Kier alpha value is -3.06. The lowest BCUT2D eigenvalue weighted by molar-refractivity contribution is -0.308. The van der Waals surface area contributed by atoms with E-state index >= 15 is 0 Å². The van der Waals surface area contributed by atoms with Gasteiger partial charge in [0, 0.05) is 11.5 Å². The fourth-order valence-corrected chi connectivity index (χ4v) is 5.03. The summed E-state index contributed by atoms with van der Waals surface area (Å²) in [6.45, 7) is 5.08. The SMILES string of the molecule is C=C1C(=O)OC2C=C(C)C(OC3OC(CO)C(O)C(O)C3O)CC=C(COC(=O)Cc3ccc(O)cc3)CCC12. The Morgan fingerprint density at radius 1 is 1.12 bits per heavy atom. The van der Waals surface area contributed by atoms with Crippen LogP contribution in [-0.4, -0.2) is 93.6 Å². The first-order valence-electron chi connectivity index (χ1n) is 13.2. The van der Waals surface area contributed by atoms with E-state index in [1.165, 1.54) is 12.1 Å². The van der Waals surface area contributed by atoms with Gasteiger partial charge in [-0.3, -0.25) is 4.79 Å². The molecule has 2 heterocycles. The van der Waals surface area contributed by atoms with Crippen LogP contribution in [0.1, 0.15) is 31.7 Å². The summed E-state index contributed by atoms with van der Waals surface area (Å²) in [6.07, 6.45) is -3.52. The Labute approximate surface area is 231 Å². The molecule has 4 rings (SSSR count). The van der Waals surface area contributed by atoms with Crippen LogP contribution in [0.5, 0.6) is 5.75 Å². The summed E-state index contributed by atoms with van der Waals surface area (Å²) in [5.41, 5.74) is 2.49. The molecule has 11 heteroatoms. The number of benzene rings is 1. The van der Waals surface area contributed by atoms with Crippen LogP contribution < -0.4 is 0 Å². The number of phenolic OH excluding ortho intramolecular Hbond substituents is 1. The van der Waals surface area contributed by atoms with Crippen LogP contribution in [-0.2, 0) is 35.0 Å². The number of aromatic hydroxyl groups is 1. The van der Waals surface area contributed by atoms with E-state index in [0.29, 0.717) is 29.6 Å². The topological polar surface area (TPSA) is 172 Å². The predicted molar refractivity (Wildman–Crippen MR) is 140 cm³/mol. The molecular formula is C29H36O11. The fourth-order valence-electron chi connectivity index (χ4n) is 5.03. The fraction of sp³-hybridized carbons (Fsp3) is 0.517. The second-order valence-corrected chi connectivity index (χ2v) is 10.4. The van der Waals surface area contributed by atoms with E-state index in [4.69, 9.17) is 18.9 Å². The third kappa shape index (κ3) is 6.98. The minimum atomic E-state index is -1.60. The highest BCUT2D eigenvalue weighted by atomic mass is 16.7. The number of hydrogen-bond donors (Lipinski definition) is 5. The number of carbonyl (C=O) groups excluding carboxylic acids is 2. The molecule has 2 aliphatic heterocycles. The van der Waals surface area contributed by atoms with Crippen molar-refractivity contribution in [3.63, 3.8) is 0 Å². The van der Waals surface area contributed by atoms with Gasteiger partial charge in [0.2, 0.25) is 0 Å². The Kier molecular flexibility index (Phi) is 9.77. The third-order valence-corrected chi connectivity index (χ3v) is 7.53. The maximum absolute atomic E-state index is 12.5. The van der Waals surface area contributed by atoms with Gasteiger partial charge < -0.3 is 44.5 Å². The zero-order valence-corrected chi connectivity index (χ0v) is 22.2. The van der Waals surface area contributed by atoms with Crippen molar-refractivity contribution in [1.82, 2.24) is 0 Å². The molecule has 0 aromatic heterocycles. The van der Waals surface area contributed by atoms with Crippen molar-refractivity contribution in [3.05, 3.63) is 65.3 Å². The van der Waals surface area contributed by atoms with Gasteiger partial charge in [0.05, 0.1) is 19.1 Å². The van der Waals surface area contributed by atoms with E-state index in [2.05, 4.69) is 6.58 Å². The lowest BCUT2D eigenvalue weighted by Crippen LogP contribution is -2.59. The molecule has 0 bridgehead atoms. The Balaban J connectivity index is 1.51. The molecule has 1 aromatic rings. The molecule has 2 saturated heterocycles. The molecule has 1 aromatic carbocycles. The molecule has 0 amide bonds. The van der Waals surface area contributed by atoms with Crippen molar-refractivity contribution in [2.24, 2.45) is 5.92 Å². The van der Waals surface area contributed by atoms with E-state index < -0.39 is 61.5 Å². The maximum Gasteiger partial charge on any atom is 0.334 e. The number of aliphatic hydroxyl groups excluding tert-OH is 4. The lowest BCUT2D eigenvalue weighted by Gasteiger charge is -2.41. The highest BCUT2D eigenvalue weighted by Gasteiger charge is 2.45. The van der Waals surface area contributed by atoms with Gasteiger partial charge in [0.25, 0.3) is 0 Å². The van der Waals surface area contributed by atoms with Gasteiger partial charge in [0.1, 0.15) is 42.9 Å². The molecule has 0 spiro atoms. The monoisotopic (exact) mass is 560 g/mol. The number of ether oxygens (including phenoxy) is 4. The van der Waals surface area contributed by atoms with E-state index in [-0.39, 0.29) is 31.1 Å². The van der Waals surface area contributed by atoms with Gasteiger partial charge in [-0.2, -0.15) is 0 Å². The van der Waals surface area contributed by atoms with Crippen molar-refractivity contribution < 1.29 is 54.1 Å². The summed E-state index contributed by atoms with van der Waals surface area (Å²) in [5, 5.41) is 49.7. The number of esters is 2. The molecule has 11 nitrogen and oxygen atoms in total. The third-order valence-electron chi connectivity index (χ3n) is 7.53. The average Bonchev–Trinajstić information content (AvgIpc) is 3.19. The zero-order valence-electron chi connectivity index (χ0n) is 22.2. The Bertz CT molecular complexity index is 1140. The molecule has 0 saturated carbocycles. The van der Waals surface area contributed by atoms with Crippen molar-refractivity contribution >= 4 is 11.9 Å². The number of hydrogen-bond acceptors (Lipinski definition) is 11. The summed E-state index contributed by atoms with van der Waals surface area (Å²) in [5.74, 6) is -1.14. The zero-order chi connectivity index (χ0) is 29.0. The highest BCUT2D eigenvalue weighted by molar-refractivity contribution is 5.91. The normalized spacial score (nSPS) is 32.9. The van der Waals surface area contributed by atoms with Crippen molar-refractivity contribution in [1.29, 1.82) is 0 Å². The summed E-state index contributed by atoms with van der Waals surface area (Å²) in [4.78, 5) is 24.8. The molecule has 8 unspecified atom stereocenters. The first kappa shape index (κ1) is 29.9. The summed E-state index contributed by atoms with van der Waals surface area (Å²) in [7, 11) is 0. The molecule has 218 valence electrons. The number of rotatable bonds is 7. The highest BCUT2D eigenvalue weighted by Crippen LogP contribution is 2.35. The van der Waals surface area contributed by atoms with Gasteiger partial charge in [-0.15, -0.1) is 0 Å². The van der Waals surface area contributed by atoms with Crippen LogP contribution in [0, 0.1) is 5.92 Å². The molecule has 0 radical (unpaired) electrons. The van der Waals surface area contributed by atoms with E-state index in [1.54, 1.807) is 25.1 Å². The van der Waals surface area contributed by atoms with Gasteiger partial charge in [-0.1, -0.05) is 24.8 Å². The van der Waals surface area contributed by atoms with Crippen LogP contribution in [0.15, 0.2) is 59.7 Å². The average molecular weight is 561 g/mol. The Morgan fingerprint density at radius 3 is 2.55 bits per heavy atom. The molecule has 2 fully saturated rings. The van der Waals surface area contributed by atoms with E-state index in [1.807, 2.05) is 6.08 Å². The Morgan fingerprint density at radius 2 is 1.85 bits per heavy atom. The molecule has 1 aliphatic carbocycles. The molecule has 8 atom stereocenters. The van der Waals surface area contributed by atoms with Gasteiger partial charge in [-0.25, -0.2) is 4.79 Å². The number of phenols is 1. The van der Waals surface area contributed by atoms with Crippen LogP contribution in [0.25, 0.3) is 0 Å².